The first-order chi connectivity index (χ1) is 12.2. The summed E-state index contributed by atoms with van der Waals surface area (Å²) in [5, 5.41) is 5.05. The van der Waals surface area contributed by atoms with Gasteiger partial charge in [0.1, 0.15) is 0 Å². The third kappa shape index (κ3) is 3.71. The van der Waals surface area contributed by atoms with Crippen molar-refractivity contribution in [3.05, 3.63) is 23.5 Å². The second kappa shape index (κ2) is 7.15. The van der Waals surface area contributed by atoms with Gasteiger partial charge in [-0.1, -0.05) is 19.3 Å². The highest BCUT2D eigenvalue weighted by Gasteiger charge is 2.32. The van der Waals surface area contributed by atoms with Gasteiger partial charge in [0.25, 0.3) is 0 Å². The van der Waals surface area contributed by atoms with Gasteiger partial charge in [-0.15, -0.1) is 11.3 Å². The molecule has 0 radical (unpaired) electrons. The number of nitrogens with zero attached hydrogens (tertiary/aromatic N) is 3. The van der Waals surface area contributed by atoms with E-state index in [-0.39, 0.29) is 17.9 Å². The molecule has 3 heterocycles. The smallest absolute Gasteiger partial charge is 0.226 e. The fourth-order valence-corrected chi connectivity index (χ4v) is 4.71. The maximum atomic E-state index is 12.6. The van der Waals surface area contributed by atoms with Gasteiger partial charge >= 0.3 is 0 Å². The van der Waals surface area contributed by atoms with Gasteiger partial charge < -0.3 is 10.2 Å². The number of amides is 2. The highest BCUT2D eigenvalue weighted by atomic mass is 32.1. The standard InChI is InChI=1S/C18H24N4O2S/c23-16(10-15-12-22-8-9-25-18(22)20-15)19-14-6-7-21(11-14)17(24)13-4-2-1-3-5-13/h8-9,12-14H,1-7,10-11H2,(H,19,23). The maximum Gasteiger partial charge on any atom is 0.226 e. The van der Waals surface area contributed by atoms with Gasteiger partial charge in [-0.25, -0.2) is 4.98 Å². The van der Waals surface area contributed by atoms with E-state index < -0.39 is 0 Å². The van der Waals surface area contributed by atoms with Gasteiger partial charge in [-0.2, -0.15) is 0 Å². The van der Waals surface area contributed by atoms with E-state index >= 15 is 0 Å². The van der Waals surface area contributed by atoms with Crippen LogP contribution in [-0.4, -0.2) is 45.2 Å². The molecule has 2 aromatic heterocycles. The first kappa shape index (κ1) is 16.6. The number of nitrogens with one attached hydrogen (secondary N) is 1. The zero-order valence-electron chi connectivity index (χ0n) is 14.3. The summed E-state index contributed by atoms with van der Waals surface area (Å²) in [6.45, 7) is 1.42. The predicted octanol–water partition coefficient (Wildman–Crippen LogP) is 2.24. The lowest BCUT2D eigenvalue weighted by atomic mass is 9.88. The molecule has 1 saturated carbocycles. The van der Waals surface area contributed by atoms with Crippen LogP contribution in [0, 0.1) is 5.92 Å². The van der Waals surface area contributed by atoms with Crippen molar-refractivity contribution in [3.63, 3.8) is 0 Å². The van der Waals surface area contributed by atoms with Crippen LogP contribution in [0.5, 0.6) is 0 Å². The van der Waals surface area contributed by atoms with E-state index in [0.717, 1.165) is 36.5 Å². The molecule has 25 heavy (non-hydrogen) atoms. The number of rotatable bonds is 4. The minimum absolute atomic E-state index is 0.0114. The van der Waals surface area contributed by atoms with Crippen molar-refractivity contribution in [1.82, 2.24) is 19.6 Å². The van der Waals surface area contributed by atoms with Crippen LogP contribution >= 0.6 is 11.3 Å². The Bertz CT molecular complexity index is 734. The van der Waals surface area contributed by atoms with E-state index in [9.17, 15) is 9.59 Å². The fourth-order valence-electron chi connectivity index (χ4n) is 3.99. The third-order valence-electron chi connectivity index (χ3n) is 5.30. The van der Waals surface area contributed by atoms with E-state index in [2.05, 4.69) is 10.3 Å². The Hall–Kier alpha value is -1.89. The van der Waals surface area contributed by atoms with Crippen LogP contribution < -0.4 is 5.32 Å². The second-order valence-electron chi connectivity index (χ2n) is 7.17. The molecular weight excluding hydrogens is 336 g/mol. The number of carbonyl (C=O) groups excluding carboxylic acids is 2. The van der Waals surface area contributed by atoms with Crippen molar-refractivity contribution in [2.75, 3.05) is 13.1 Å². The second-order valence-corrected chi connectivity index (χ2v) is 8.05. The summed E-state index contributed by atoms with van der Waals surface area (Å²) in [5.41, 5.74) is 0.789. The molecule has 1 saturated heterocycles. The average Bonchev–Trinajstić information content (AvgIpc) is 3.31. The number of hydrogen-bond donors (Lipinski definition) is 1. The number of likely N-dealkylation sites (tertiary alicyclic amines) is 1. The van der Waals surface area contributed by atoms with E-state index in [1.807, 2.05) is 27.1 Å². The quantitative estimate of drug-likeness (QED) is 0.909. The van der Waals surface area contributed by atoms with Crippen molar-refractivity contribution in [2.45, 2.75) is 51.0 Å². The summed E-state index contributed by atoms with van der Waals surface area (Å²) in [6, 6.07) is 0.0729. The van der Waals surface area contributed by atoms with Gasteiger partial charge in [0.05, 0.1) is 12.1 Å². The minimum atomic E-state index is -0.0114. The van der Waals surface area contributed by atoms with Gasteiger partial charge in [-0.05, 0) is 19.3 Å². The molecule has 4 rings (SSSR count). The number of hydrogen-bond acceptors (Lipinski definition) is 4. The van der Waals surface area contributed by atoms with E-state index in [4.69, 9.17) is 0 Å². The lowest BCUT2D eigenvalue weighted by Crippen LogP contribution is -2.41. The fraction of sp³-hybridized carbons (Fsp3) is 0.611. The van der Waals surface area contributed by atoms with Crippen molar-refractivity contribution in [1.29, 1.82) is 0 Å². The summed E-state index contributed by atoms with van der Waals surface area (Å²) in [5.74, 6) is 0.496. The number of aromatic nitrogens is 2. The van der Waals surface area contributed by atoms with Crippen LogP contribution in [0.3, 0.4) is 0 Å². The molecule has 134 valence electrons. The molecule has 1 atom stereocenters. The number of fused-ring (bicyclic) bond motifs is 1. The Morgan fingerprint density at radius 2 is 2.08 bits per heavy atom. The number of imidazole rings is 1. The molecule has 7 heteroatoms. The van der Waals surface area contributed by atoms with Crippen molar-refractivity contribution in [2.24, 2.45) is 5.92 Å². The summed E-state index contributed by atoms with van der Waals surface area (Å²) in [6.07, 6.45) is 10.7. The van der Waals surface area contributed by atoms with Gasteiger partial charge in [0, 0.05) is 42.8 Å². The molecule has 1 unspecified atom stereocenters. The summed E-state index contributed by atoms with van der Waals surface area (Å²) in [4.78, 5) is 32.2. The average molecular weight is 360 g/mol. The molecule has 6 nitrogen and oxygen atoms in total. The number of carbonyl (C=O) groups is 2. The summed E-state index contributed by atoms with van der Waals surface area (Å²) in [7, 11) is 0. The molecule has 0 bridgehead atoms. The first-order valence-electron chi connectivity index (χ1n) is 9.18. The highest BCUT2D eigenvalue weighted by Crippen LogP contribution is 2.26. The molecule has 1 aliphatic heterocycles. The van der Waals surface area contributed by atoms with Gasteiger partial charge in [0.2, 0.25) is 11.8 Å². The Morgan fingerprint density at radius 1 is 1.24 bits per heavy atom. The molecule has 2 amide bonds. The van der Waals surface area contributed by atoms with Crippen molar-refractivity contribution >= 4 is 28.1 Å². The minimum Gasteiger partial charge on any atom is -0.351 e. The Balaban J connectivity index is 1.27. The Kier molecular flexibility index (Phi) is 4.74. The lowest BCUT2D eigenvalue weighted by Gasteiger charge is -2.26. The van der Waals surface area contributed by atoms with Crippen molar-refractivity contribution in [3.8, 4) is 0 Å². The zero-order chi connectivity index (χ0) is 17.2. The molecule has 0 spiro atoms. The van der Waals surface area contributed by atoms with Crippen LogP contribution in [0.15, 0.2) is 17.8 Å². The van der Waals surface area contributed by atoms with E-state index in [0.29, 0.717) is 18.9 Å². The normalized spacial score (nSPS) is 21.8. The van der Waals surface area contributed by atoms with E-state index in [1.54, 1.807) is 11.3 Å². The monoisotopic (exact) mass is 360 g/mol. The van der Waals surface area contributed by atoms with Crippen molar-refractivity contribution < 1.29 is 9.59 Å². The van der Waals surface area contributed by atoms with Crippen LogP contribution in [0.25, 0.3) is 4.96 Å². The molecule has 2 aromatic rings. The zero-order valence-corrected chi connectivity index (χ0v) is 15.1. The van der Waals surface area contributed by atoms with Crippen LogP contribution in [0.2, 0.25) is 0 Å². The largest absolute Gasteiger partial charge is 0.351 e. The maximum absolute atomic E-state index is 12.6. The summed E-state index contributed by atoms with van der Waals surface area (Å²) >= 11 is 1.56. The predicted molar refractivity (Wildman–Crippen MR) is 96.5 cm³/mol. The molecule has 2 fully saturated rings. The van der Waals surface area contributed by atoms with E-state index in [1.165, 1.54) is 19.3 Å². The molecular formula is C18H24N4O2S. The molecule has 2 aliphatic rings. The van der Waals surface area contributed by atoms with Gasteiger partial charge in [-0.3, -0.25) is 14.0 Å². The number of thiazole rings is 1. The Labute approximate surface area is 151 Å². The highest BCUT2D eigenvalue weighted by molar-refractivity contribution is 7.15. The Morgan fingerprint density at radius 3 is 2.88 bits per heavy atom. The lowest BCUT2D eigenvalue weighted by molar-refractivity contribution is -0.135. The molecule has 0 aromatic carbocycles. The SMILES string of the molecule is O=C(Cc1cn2ccsc2n1)NC1CCN(C(=O)C2CCCCC2)C1. The molecule has 1 N–H and O–H groups in total. The first-order valence-corrected chi connectivity index (χ1v) is 10.1. The van der Waals surface area contributed by atoms with Crippen LogP contribution in [0.1, 0.15) is 44.2 Å². The molecule has 1 aliphatic carbocycles. The summed E-state index contributed by atoms with van der Waals surface area (Å²) < 4.78 is 1.94. The van der Waals surface area contributed by atoms with Crippen LogP contribution in [-0.2, 0) is 16.0 Å². The topological polar surface area (TPSA) is 66.7 Å². The van der Waals surface area contributed by atoms with Gasteiger partial charge in [0.15, 0.2) is 4.96 Å². The third-order valence-corrected chi connectivity index (χ3v) is 6.07. The van der Waals surface area contributed by atoms with Crippen LogP contribution in [0.4, 0.5) is 0 Å².